The number of aromatic nitrogens is 1. The normalized spacial score (nSPS) is 15.0. The molecule has 0 bridgehead atoms. The Hall–Kier alpha value is -0.710. The number of likely N-dealkylation sites (N-methyl/N-ethyl adjacent to an activating group) is 1. The van der Waals surface area contributed by atoms with E-state index in [4.69, 9.17) is 39.5 Å². The zero-order valence-electron chi connectivity index (χ0n) is 12.4. The number of benzene rings is 1. The highest BCUT2D eigenvalue weighted by atomic mass is 35.5. The minimum Gasteiger partial charge on any atom is -0.490 e. The van der Waals surface area contributed by atoms with E-state index in [1.807, 2.05) is 13.1 Å². The minimum atomic E-state index is 0. The molecule has 1 fully saturated rings. The average Bonchev–Trinajstić information content (AvgIpc) is 3.28. The summed E-state index contributed by atoms with van der Waals surface area (Å²) >= 11 is 18.7. The molecule has 1 N–H and O–H groups in total. The lowest BCUT2D eigenvalue weighted by molar-refractivity contribution is 0.259. The Morgan fingerprint density at radius 1 is 1.22 bits per heavy atom. The maximum absolute atomic E-state index is 6.25. The summed E-state index contributed by atoms with van der Waals surface area (Å²) in [4.78, 5) is 4.19. The molecule has 1 heterocycles. The number of halogens is 4. The van der Waals surface area contributed by atoms with Crippen LogP contribution < -0.4 is 10.1 Å². The molecule has 0 atom stereocenters. The highest BCUT2D eigenvalue weighted by molar-refractivity contribution is 6.40. The summed E-state index contributed by atoms with van der Waals surface area (Å²) in [6.07, 6.45) is 3.85. The van der Waals surface area contributed by atoms with Crippen molar-refractivity contribution < 1.29 is 4.74 Å². The van der Waals surface area contributed by atoms with Crippen molar-refractivity contribution >= 4 is 47.2 Å². The Morgan fingerprint density at radius 3 is 2.43 bits per heavy atom. The van der Waals surface area contributed by atoms with Crippen LogP contribution in [0.5, 0.6) is 5.75 Å². The number of rotatable bonds is 5. The SMILES string of the molecule is CNC1(COc2cnc(Cl)c(-c3c(Cl)cccc3Cl)c2)CC1.Cl. The topological polar surface area (TPSA) is 34.1 Å². The summed E-state index contributed by atoms with van der Waals surface area (Å²) in [5.74, 6) is 0.650. The van der Waals surface area contributed by atoms with Crippen molar-refractivity contribution in [3.05, 3.63) is 45.7 Å². The summed E-state index contributed by atoms with van der Waals surface area (Å²) in [6.45, 7) is 0.600. The fraction of sp³-hybridized carbons (Fsp3) is 0.312. The monoisotopic (exact) mass is 392 g/mol. The maximum Gasteiger partial charge on any atom is 0.138 e. The Bertz CT molecular complexity index is 684. The molecule has 1 aliphatic rings. The van der Waals surface area contributed by atoms with Gasteiger partial charge < -0.3 is 10.1 Å². The van der Waals surface area contributed by atoms with E-state index in [9.17, 15) is 0 Å². The first-order valence-electron chi connectivity index (χ1n) is 6.96. The van der Waals surface area contributed by atoms with E-state index in [1.165, 1.54) is 0 Å². The Kier molecular flexibility index (Phi) is 6.04. The predicted molar refractivity (Wildman–Crippen MR) is 98.5 cm³/mol. The minimum absolute atomic E-state index is 0. The highest BCUT2D eigenvalue weighted by Gasteiger charge is 2.41. The molecular formula is C16H16Cl4N2O. The maximum atomic E-state index is 6.25. The molecule has 3 rings (SSSR count). The van der Waals surface area contributed by atoms with Crippen LogP contribution in [0.1, 0.15) is 12.8 Å². The van der Waals surface area contributed by atoms with Crippen molar-refractivity contribution in [2.45, 2.75) is 18.4 Å². The lowest BCUT2D eigenvalue weighted by atomic mass is 10.1. The van der Waals surface area contributed by atoms with Crippen LogP contribution >= 0.6 is 47.2 Å². The molecule has 2 aromatic rings. The molecule has 0 saturated heterocycles. The van der Waals surface area contributed by atoms with Crippen LogP contribution in [-0.4, -0.2) is 24.2 Å². The highest BCUT2D eigenvalue weighted by Crippen LogP contribution is 2.40. The van der Waals surface area contributed by atoms with Crippen LogP contribution in [0.4, 0.5) is 0 Å². The fourth-order valence-electron chi connectivity index (χ4n) is 2.28. The molecule has 1 aromatic heterocycles. The number of pyridine rings is 1. The molecule has 7 heteroatoms. The molecule has 3 nitrogen and oxygen atoms in total. The molecule has 0 radical (unpaired) electrons. The van der Waals surface area contributed by atoms with E-state index < -0.39 is 0 Å². The van der Waals surface area contributed by atoms with Crippen LogP contribution in [0.15, 0.2) is 30.5 Å². The van der Waals surface area contributed by atoms with Gasteiger partial charge in [0.05, 0.1) is 21.8 Å². The van der Waals surface area contributed by atoms with Gasteiger partial charge in [0.2, 0.25) is 0 Å². The third-order valence-corrected chi connectivity index (χ3v) is 4.88. The number of ether oxygens (including phenoxy) is 1. The van der Waals surface area contributed by atoms with Gasteiger partial charge in [-0.1, -0.05) is 40.9 Å². The van der Waals surface area contributed by atoms with Crippen LogP contribution in [0.3, 0.4) is 0 Å². The Labute approximate surface area is 156 Å². The van der Waals surface area contributed by atoms with Gasteiger partial charge in [0.25, 0.3) is 0 Å². The first kappa shape index (κ1) is 18.6. The molecule has 0 spiro atoms. The van der Waals surface area contributed by atoms with Crippen LogP contribution in [-0.2, 0) is 0 Å². The van der Waals surface area contributed by atoms with E-state index in [-0.39, 0.29) is 17.9 Å². The summed E-state index contributed by atoms with van der Waals surface area (Å²) in [5, 5.41) is 4.69. The van der Waals surface area contributed by atoms with E-state index >= 15 is 0 Å². The van der Waals surface area contributed by atoms with E-state index in [0.29, 0.717) is 38.7 Å². The van der Waals surface area contributed by atoms with Gasteiger partial charge in [0.1, 0.15) is 17.5 Å². The average molecular weight is 394 g/mol. The van der Waals surface area contributed by atoms with Crippen molar-refractivity contribution in [2.75, 3.05) is 13.7 Å². The number of hydrogen-bond donors (Lipinski definition) is 1. The summed E-state index contributed by atoms with van der Waals surface area (Å²) in [7, 11) is 1.95. The van der Waals surface area contributed by atoms with Gasteiger partial charge in [0.15, 0.2) is 0 Å². The third-order valence-electron chi connectivity index (χ3n) is 3.95. The molecule has 1 aromatic carbocycles. The van der Waals surface area contributed by atoms with Gasteiger partial charge in [0, 0.05) is 11.1 Å². The largest absolute Gasteiger partial charge is 0.490 e. The van der Waals surface area contributed by atoms with Crippen molar-refractivity contribution in [3.63, 3.8) is 0 Å². The number of nitrogens with zero attached hydrogens (tertiary/aromatic N) is 1. The van der Waals surface area contributed by atoms with Crippen molar-refractivity contribution in [3.8, 4) is 16.9 Å². The second-order valence-corrected chi connectivity index (χ2v) is 6.60. The second kappa shape index (κ2) is 7.45. The van der Waals surface area contributed by atoms with Gasteiger partial charge >= 0.3 is 0 Å². The first-order chi connectivity index (χ1) is 10.5. The second-order valence-electron chi connectivity index (χ2n) is 5.43. The van der Waals surface area contributed by atoms with Crippen molar-refractivity contribution in [1.82, 2.24) is 10.3 Å². The van der Waals surface area contributed by atoms with Gasteiger partial charge in [-0.15, -0.1) is 12.4 Å². The lowest BCUT2D eigenvalue weighted by Crippen LogP contribution is -2.33. The van der Waals surface area contributed by atoms with Crippen molar-refractivity contribution in [2.24, 2.45) is 0 Å². The van der Waals surface area contributed by atoms with Crippen LogP contribution in [0.25, 0.3) is 11.1 Å². The van der Waals surface area contributed by atoms with Gasteiger partial charge in [-0.25, -0.2) is 4.98 Å². The molecule has 1 aliphatic carbocycles. The smallest absolute Gasteiger partial charge is 0.138 e. The van der Waals surface area contributed by atoms with Gasteiger partial charge in [-0.3, -0.25) is 0 Å². The molecule has 124 valence electrons. The van der Waals surface area contributed by atoms with Crippen molar-refractivity contribution in [1.29, 1.82) is 0 Å². The predicted octanol–water partition coefficient (Wildman–Crippen LogP) is 5.26. The zero-order chi connectivity index (χ0) is 15.7. The van der Waals surface area contributed by atoms with Crippen LogP contribution in [0, 0.1) is 0 Å². The van der Waals surface area contributed by atoms with E-state index in [1.54, 1.807) is 24.4 Å². The molecular weight excluding hydrogens is 378 g/mol. The standard InChI is InChI=1S/C16H15Cl3N2O.ClH/c1-20-16(5-6-16)9-22-10-7-11(15(19)21-8-10)14-12(17)3-2-4-13(14)18;/h2-4,7-8,20H,5-6,9H2,1H3;1H. The zero-order valence-corrected chi connectivity index (χ0v) is 15.5. The fourth-order valence-corrected chi connectivity index (χ4v) is 3.08. The summed E-state index contributed by atoms with van der Waals surface area (Å²) in [6, 6.07) is 7.16. The van der Waals surface area contributed by atoms with E-state index in [2.05, 4.69) is 10.3 Å². The molecule has 0 aliphatic heterocycles. The van der Waals surface area contributed by atoms with Gasteiger partial charge in [-0.05, 0) is 38.1 Å². The van der Waals surface area contributed by atoms with E-state index in [0.717, 1.165) is 12.8 Å². The molecule has 0 unspecified atom stereocenters. The quantitative estimate of drug-likeness (QED) is 0.703. The number of hydrogen-bond acceptors (Lipinski definition) is 3. The number of nitrogens with one attached hydrogen (secondary N) is 1. The van der Waals surface area contributed by atoms with Gasteiger partial charge in [-0.2, -0.15) is 0 Å². The Morgan fingerprint density at radius 2 is 1.87 bits per heavy atom. The first-order valence-corrected chi connectivity index (χ1v) is 8.10. The van der Waals surface area contributed by atoms with Crippen LogP contribution in [0.2, 0.25) is 15.2 Å². The third kappa shape index (κ3) is 4.04. The summed E-state index contributed by atoms with van der Waals surface area (Å²) < 4.78 is 5.85. The Balaban J connectivity index is 0.00000192. The lowest BCUT2D eigenvalue weighted by Gasteiger charge is -2.16. The molecule has 0 amide bonds. The summed E-state index contributed by atoms with van der Waals surface area (Å²) in [5.41, 5.74) is 1.44. The molecule has 23 heavy (non-hydrogen) atoms. The molecule has 1 saturated carbocycles.